The maximum Gasteiger partial charge on any atom is 0.0959 e. The van der Waals surface area contributed by atoms with Crippen LogP contribution < -0.4 is 0 Å². The molecule has 4 nitrogen and oxygen atoms in total. The van der Waals surface area contributed by atoms with Gasteiger partial charge in [-0.05, 0) is 82.7 Å². The lowest BCUT2D eigenvalue weighted by atomic mass is 10.1. The SMILES string of the molecule is C=C/C=C\C(=C/C)N(C(=C)/C=C\C(=C/C)N(/C(C)=C/C=C\C)C(/C=C\COC)=C/C=C)C1=CC=C(OC)CC1. The smallest absolute Gasteiger partial charge is 0.0959 e. The van der Waals surface area contributed by atoms with Gasteiger partial charge in [0.15, 0.2) is 0 Å². The highest BCUT2D eigenvalue weighted by Crippen LogP contribution is 2.30. The number of hydrogen-bond donors (Lipinski definition) is 0. The van der Waals surface area contributed by atoms with E-state index in [2.05, 4.69) is 72.9 Å². The second-order valence-corrected chi connectivity index (χ2v) is 8.53. The molecule has 0 aliphatic heterocycles. The normalized spacial score (nSPS) is 15.7. The van der Waals surface area contributed by atoms with Crippen molar-refractivity contribution in [2.75, 3.05) is 20.8 Å². The first-order chi connectivity index (χ1) is 18.9. The van der Waals surface area contributed by atoms with Crippen LogP contribution in [0.5, 0.6) is 0 Å². The Hall–Kier alpha value is -4.02. The van der Waals surface area contributed by atoms with E-state index in [0.29, 0.717) is 6.61 Å². The summed E-state index contributed by atoms with van der Waals surface area (Å²) >= 11 is 0. The molecule has 0 aromatic rings. The molecule has 1 aliphatic carbocycles. The van der Waals surface area contributed by atoms with Crippen LogP contribution in [0.4, 0.5) is 0 Å². The Kier molecular flexibility index (Phi) is 16.2. The largest absolute Gasteiger partial charge is 0.501 e. The summed E-state index contributed by atoms with van der Waals surface area (Å²) in [5.74, 6) is 0.974. The topological polar surface area (TPSA) is 24.9 Å². The number of ether oxygens (including phenoxy) is 2. The van der Waals surface area contributed by atoms with Gasteiger partial charge in [0.05, 0.1) is 19.5 Å². The van der Waals surface area contributed by atoms with Crippen LogP contribution in [0.3, 0.4) is 0 Å². The number of nitrogens with zero attached hydrogens (tertiary/aromatic N) is 2. The lowest BCUT2D eigenvalue weighted by Crippen LogP contribution is -2.22. The van der Waals surface area contributed by atoms with Crippen molar-refractivity contribution in [1.82, 2.24) is 9.80 Å². The van der Waals surface area contributed by atoms with E-state index >= 15 is 0 Å². The summed E-state index contributed by atoms with van der Waals surface area (Å²) in [6.45, 7) is 20.9. The quantitative estimate of drug-likeness (QED) is 0.187. The molecule has 0 bridgehead atoms. The second kappa shape index (κ2) is 19.1. The van der Waals surface area contributed by atoms with Crippen molar-refractivity contribution >= 4 is 0 Å². The molecule has 0 fully saturated rings. The van der Waals surface area contributed by atoms with E-state index in [1.165, 1.54) is 0 Å². The zero-order chi connectivity index (χ0) is 29.0. The zero-order valence-corrected chi connectivity index (χ0v) is 24.7. The van der Waals surface area contributed by atoms with E-state index in [0.717, 1.165) is 52.8 Å². The van der Waals surface area contributed by atoms with Crippen LogP contribution in [0.25, 0.3) is 0 Å². The molecular formula is C35H46N2O2. The summed E-state index contributed by atoms with van der Waals surface area (Å²) < 4.78 is 10.7. The van der Waals surface area contributed by atoms with Crippen molar-refractivity contribution in [2.45, 2.75) is 40.5 Å². The summed E-state index contributed by atoms with van der Waals surface area (Å²) in [7, 11) is 3.40. The molecule has 0 amide bonds. The fourth-order valence-corrected chi connectivity index (χ4v) is 3.96. The van der Waals surface area contributed by atoms with E-state index in [1.54, 1.807) is 26.4 Å². The molecule has 0 saturated carbocycles. The molecule has 1 aliphatic rings. The minimum atomic E-state index is 0.519. The maximum absolute atomic E-state index is 5.45. The summed E-state index contributed by atoms with van der Waals surface area (Å²) in [6, 6.07) is 0. The Morgan fingerprint density at radius 1 is 0.872 bits per heavy atom. The van der Waals surface area contributed by atoms with E-state index < -0.39 is 0 Å². The highest BCUT2D eigenvalue weighted by molar-refractivity contribution is 5.41. The molecular weight excluding hydrogens is 480 g/mol. The van der Waals surface area contributed by atoms with Crippen LogP contribution in [0, 0.1) is 0 Å². The molecule has 0 aromatic heterocycles. The third-order valence-electron chi connectivity index (χ3n) is 5.86. The number of methoxy groups -OCH3 is 2. The van der Waals surface area contributed by atoms with Crippen molar-refractivity contribution in [2.24, 2.45) is 0 Å². The first-order valence-electron chi connectivity index (χ1n) is 13.2. The Labute approximate surface area is 237 Å². The zero-order valence-electron chi connectivity index (χ0n) is 24.7. The third kappa shape index (κ3) is 10.7. The van der Waals surface area contributed by atoms with E-state index in [1.807, 2.05) is 69.4 Å². The van der Waals surface area contributed by atoms with Gasteiger partial charge < -0.3 is 19.3 Å². The Bertz CT molecular complexity index is 1150. The number of allylic oxidation sites excluding steroid dienone is 18. The van der Waals surface area contributed by atoms with E-state index in [-0.39, 0.29) is 0 Å². The van der Waals surface area contributed by atoms with Crippen LogP contribution >= 0.6 is 0 Å². The standard InChI is InChI=1S/C35H46N2O2/c1-10-15-19-29(6)36(33(18-12-3)21-17-28-38-8)32(14-5)23-22-30(7)37(31(13-4)20-16-11-2)34-24-26-35(39-9)27-25-34/h10-24,26H,2-3,7,25,27-28H2,1,4-6,8-9H3/b15-10-,20-16-,21-17-,23-22-,29-19+,31-13+,32-14+,33-18+. The third-order valence-corrected chi connectivity index (χ3v) is 5.86. The summed E-state index contributed by atoms with van der Waals surface area (Å²) in [5.41, 5.74) is 6.02. The predicted molar refractivity (Wildman–Crippen MR) is 169 cm³/mol. The van der Waals surface area contributed by atoms with Gasteiger partial charge in [0.25, 0.3) is 0 Å². The molecule has 0 unspecified atom stereocenters. The minimum Gasteiger partial charge on any atom is -0.501 e. The average Bonchev–Trinajstić information content (AvgIpc) is 2.95. The highest BCUT2D eigenvalue weighted by atomic mass is 16.5. The fourth-order valence-electron chi connectivity index (χ4n) is 3.96. The van der Waals surface area contributed by atoms with Gasteiger partial charge >= 0.3 is 0 Å². The van der Waals surface area contributed by atoms with E-state index in [4.69, 9.17) is 9.47 Å². The van der Waals surface area contributed by atoms with Crippen molar-refractivity contribution in [3.05, 3.63) is 157 Å². The van der Waals surface area contributed by atoms with Gasteiger partial charge in [-0.25, -0.2) is 0 Å². The van der Waals surface area contributed by atoms with Gasteiger partial charge in [-0.15, -0.1) is 0 Å². The molecule has 0 atom stereocenters. The Balaban J connectivity index is 3.59. The first kappa shape index (κ1) is 33.0. The fraction of sp³-hybridized carbons (Fsp3) is 0.257. The number of hydrogen-bond acceptors (Lipinski definition) is 4. The van der Waals surface area contributed by atoms with Crippen LogP contribution in [-0.2, 0) is 9.47 Å². The minimum absolute atomic E-state index is 0.519. The molecule has 1 rings (SSSR count). The maximum atomic E-state index is 5.45. The Morgan fingerprint density at radius 3 is 2.15 bits per heavy atom. The molecule has 0 spiro atoms. The molecule has 4 heteroatoms. The Morgan fingerprint density at radius 2 is 1.62 bits per heavy atom. The highest BCUT2D eigenvalue weighted by Gasteiger charge is 2.18. The summed E-state index contributed by atoms with van der Waals surface area (Å²) in [6.07, 6.45) is 33.8. The monoisotopic (exact) mass is 526 g/mol. The average molecular weight is 527 g/mol. The van der Waals surface area contributed by atoms with Crippen LogP contribution in [0.2, 0.25) is 0 Å². The predicted octanol–water partition coefficient (Wildman–Crippen LogP) is 9.17. The lowest BCUT2D eigenvalue weighted by Gasteiger charge is -2.31. The molecule has 0 radical (unpaired) electrons. The molecule has 0 N–H and O–H groups in total. The van der Waals surface area contributed by atoms with Crippen LogP contribution in [0.1, 0.15) is 40.5 Å². The van der Waals surface area contributed by atoms with Crippen molar-refractivity contribution < 1.29 is 9.47 Å². The summed E-state index contributed by atoms with van der Waals surface area (Å²) in [4.78, 5) is 4.36. The summed E-state index contributed by atoms with van der Waals surface area (Å²) in [5, 5.41) is 0. The molecule has 0 aromatic carbocycles. The first-order valence-corrected chi connectivity index (χ1v) is 13.2. The van der Waals surface area contributed by atoms with Crippen LogP contribution in [0.15, 0.2) is 157 Å². The van der Waals surface area contributed by atoms with Gasteiger partial charge in [-0.2, -0.15) is 0 Å². The second-order valence-electron chi connectivity index (χ2n) is 8.53. The molecule has 0 heterocycles. The van der Waals surface area contributed by atoms with Crippen molar-refractivity contribution in [3.8, 4) is 0 Å². The molecule has 0 saturated heterocycles. The van der Waals surface area contributed by atoms with Gasteiger partial charge in [0.1, 0.15) is 0 Å². The van der Waals surface area contributed by atoms with Gasteiger partial charge in [-0.1, -0.05) is 68.3 Å². The van der Waals surface area contributed by atoms with Gasteiger partial charge in [0.2, 0.25) is 0 Å². The molecule has 208 valence electrons. The van der Waals surface area contributed by atoms with Gasteiger partial charge in [-0.3, -0.25) is 0 Å². The van der Waals surface area contributed by atoms with Gasteiger partial charge in [0, 0.05) is 47.7 Å². The van der Waals surface area contributed by atoms with E-state index in [9.17, 15) is 0 Å². The van der Waals surface area contributed by atoms with Crippen molar-refractivity contribution in [3.63, 3.8) is 0 Å². The van der Waals surface area contributed by atoms with Crippen LogP contribution in [-0.4, -0.2) is 30.6 Å². The molecule has 39 heavy (non-hydrogen) atoms. The lowest BCUT2D eigenvalue weighted by molar-refractivity contribution is 0.233. The van der Waals surface area contributed by atoms with Crippen molar-refractivity contribution in [1.29, 1.82) is 0 Å². The number of rotatable bonds is 16.